The number of carbonyl (C=O) groups is 1. The summed E-state index contributed by atoms with van der Waals surface area (Å²) in [6.45, 7) is 0. The predicted molar refractivity (Wildman–Crippen MR) is 87.2 cm³/mol. The molecular weight excluding hydrogens is 298 g/mol. The van der Waals surface area contributed by atoms with Crippen molar-refractivity contribution < 1.29 is 4.79 Å². The lowest BCUT2D eigenvalue weighted by molar-refractivity contribution is -0.120. The van der Waals surface area contributed by atoms with Crippen LogP contribution in [0.4, 0.5) is 5.82 Å². The highest BCUT2D eigenvalue weighted by molar-refractivity contribution is 7.13. The summed E-state index contributed by atoms with van der Waals surface area (Å²) >= 11 is 1.59. The number of nitrogens with zero attached hydrogens (tertiary/aromatic N) is 4. The van der Waals surface area contributed by atoms with Gasteiger partial charge in [-0.1, -0.05) is 12.5 Å². The average molecular weight is 313 g/mol. The molecule has 1 amide bonds. The molecule has 4 rings (SSSR count). The Morgan fingerprint density at radius 1 is 1.32 bits per heavy atom. The number of amides is 1. The second kappa shape index (κ2) is 5.17. The number of hydrogen-bond donors (Lipinski definition) is 1. The molecule has 22 heavy (non-hydrogen) atoms. The summed E-state index contributed by atoms with van der Waals surface area (Å²) in [4.78, 5) is 21.9. The van der Waals surface area contributed by atoms with Gasteiger partial charge in [0.1, 0.15) is 11.5 Å². The van der Waals surface area contributed by atoms with Crippen LogP contribution in [0.5, 0.6) is 0 Å². The first-order valence-corrected chi connectivity index (χ1v) is 8.20. The zero-order valence-electron chi connectivity index (χ0n) is 11.9. The Balaban J connectivity index is 1.73. The number of aliphatic imine (C=N–C) groups is 2. The van der Waals surface area contributed by atoms with E-state index in [0.717, 1.165) is 42.0 Å². The van der Waals surface area contributed by atoms with E-state index in [2.05, 4.69) is 15.1 Å². The van der Waals surface area contributed by atoms with Crippen molar-refractivity contribution in [1.29, 1.82) is 0 Å². The van der Waals surface area contributed by atoms with Crippen LogP contribution in [0.1, 0.15) is 25.7 Å². The molecule has 0 bridgehead atoms. The Labute approximate surface area is 131 Å². The number of fused-ring (bicyclic) bond motifs is 1. The quantitative estimate of drug-likeness (QED) is 0.878. The van der Waals surface area contributed by atoms with Crippen LogP contribution in [0.2, 0.25) is 0 Å². The van der Waals surface area contributed by atoms with Crippen LogP contribution in [0.3, 0.4) is 0 Å². The van der Waals surface area contributed by atoms with Gasteiger partial charge in [0, 0.05) is 11.8 Å². The summed E-state index contributed by atoms with van der Waals surface area (Å²) in [5, 5.41) is 6.45. The van der Waals surface area contributed by atoms with Crippen molar-refractivity contribution in [2.75, 3.05) is 5.73 Å². The summed E-state index contributed by atoms with van der Waals surface area (Å²) in [5.41, 5.74) is 7.73. The topological polar surface area (TPSA) is 85.6 Å². The van der Waals surface area contributed by atoms with E-state index >= 15 is 0 Å². The van der Waals surface area contributed by atoms with Crippen LogP contribution in [-0.2, 0) is 4.79 Å². The molecule has 1 unspecified atom stereocenters. The fourth-order valence-corrected chi connectivity index (χ4v) is 3.60. The van der Waals surface area contributed by atoms with Crippen molar-refractivity contribution in [2.24, 2.45) is 15.9 Å². The normalized spacial score (nSPS) is 21.3. The number of anilines is 1. The minimum Gasteiger partial charge on any atom is -0.383 e. The first-order valence-electron chi connectivity index (χ1n) is 7.32. The molecule has 2 aromatic heterocycles. The molecule has 0 saturated heterocycles. The smallest absolute Gasteiger partial charge is 0.257 e. The molecule has 1 fully saturated rings. The molecule has 0 aromatic carbocycles. The second-order valence-electron chi connectivity index (χ2n) is 5.50. The maximum absolute atomic E-state index is 12.2. The molecule has 0 spiro atoms. The Morgan fingerprint density at radius 2 is 2.23 bits per heavy atom. The molecule has 1 aliphatic carbocycles. The van der Waals surface area contributed by atoms with Gasteiger partial charge in [-0.05, 0) is 30.7 Å². The Hall–Kier alpha value is -2.28. The third-order valence-electron chi connectivity index (χ3n) is 4.03. The average Bonchev–Trinajstić information content (AvgIpc) is 3.16. The third-order valence-corrected chi connectivity index (χ3v) is 4.92. The molecule has 1 aliphatic heterocycles. The van der Waals surface area contributed by atoms with E-state index in [1.165, 1.54) is 4.68 Å². The predicted octanol–water partition coefficient (Wildman–Crippen LogP) is 2.57. The molecule has 1 atom stereocenters. The van der Waals surface area contributed by atoms with Gasteiger partial charge in [0.05, 0.1) is 10.8 Å². The van der Waals surface area contributed by atoms with Crippen LogP contribution in [0, 0.1) is 5.92 Å². The van der Waals surface area contributed by atoms with Gasteiger partial charge in [-0.3, -0.25) is 4.79 Å². The van der Waals surface area contributed by atoms with Gasteiger partial charge in [-0.2, -0.15) is 14.8 Å². The number of aromatic nitrogens is 2. The Bertz CT molecular complexity index is 787. The van der Waals surface area contributed by atoms with Crippen LogP contribution in [0.15, 0.2) is 33.6 Å². The van der Waals surface area contributed by atoms with Gasteiger partial charge in [-0.25, -0.2) is 4.99 Å². The summed E-state index contributed by atoms with van der Waals surface area (Å²) < 4.78 is 1.46. The Morgan fingerprint density at radius 3 is 3.05 bits per heavy atom. The van der Waals surface area contributed by atoms with Crippen molar-refractivity contribution in [3.8, 4) is 10.6 Å². The van der Waals surface area contributed by atoms with E-state index in [1.807, 2.05) is 17.5 Å². The standard InChI is InChI=1S/C15H15N5OS/c16-13-8-11(12-6-3-7-22-12)19-20(13)15-17-10-5-2-1-4-9(10)14(21)18-15/h3,6-9H,1-2,4-5,16H2. The number of nitrogen functional groups attached to an aromatic ring is 1. The van der Waals surface area contributed by atoms with E-state index in [-0.39, 0.29) is 11.8 Å². The van der Waals surface area contributed by atoms with Gasteiger partial charge in [0.2, 0.25) is 0 Å². The van der Waals surface area contributed by atoms with Gasteiger partial charge in [0.15, 0.2) is 0 Å². The van der Waals surface area contributed by atoms with Crippen LogP contribution in [0.25, 0.3) is 10.6 Å². The van der Waals surface area contributed by atoms with Gasteiger partial charge in [0.25, 0.3) is 11.9 Å². The molecular formula is C15H15N5OS. The van der Waals surface area contributed by atoms with Gasteiger partial charge >= 0.3 is 0 Å². The molecule has 0 radical (unpaired) electrons. The lowest BCUT2D eigenvalue weighted by Gasteiger charge is -2.24. The van der Waals surface area contributed by atoms with Crippen molar-refractivity contribution in [3.05, 3.63) is 23.6 Å². The fraction of sp³-hybridized carbons (Fsp3) is 0.333. The minimum absolute atomic E-state index is 0.118. The maximum atomic E-state index is 12.2. The lowest BCUT2D eigenvalue weighted by Crippen LogP contribution is -2.33. The summed E-state index contributed by atoms with van der Waals surface area (Å²) in [5.74, 6) is 0.477. The maximum Gasteiger partial charge on any atom is 0.257 e. The first kappa shape index (κ1) is 13.4. The summed E-state index contributed by atoms with van der Waals surface area (Å²) in [6, 6.07) is 5.73. The van der Waals surface area contributed by atoms with Gasteiger partial charge in [-0.15, -0.1) is 11.3 Å². The molecule has 1 saturated carbocycles. The van der Waals surface area contributed by atoms with Crippen molar-refractivity contribution >= 4 is 34.7 Å². The molecule has 2 aromatic rings. The van der Waals surface area contributed by atoms with E-state index in [1.54, 1.807) is 17.4 Å². The molecule has 2 aliphatic rings. The van der Waals surface area contributed by atoms with Crippen molar-refractivity contribution in [3.63, 3.8) is 0 Å². The number of thiophene rings is 1. The highest BCUT2D eigenvalue weighted by atomic mass is 32.1. The minimum atomic E-state index is -0.133. The van der Waals surface area contributed by atoms with Crippen LogP contribution >= 0.6 is 11.3 Å². The second-order valence-corrected chi connectivity index (χ2v) is 6.44. The van der Waals surface area contributed by atoms with E-state index in [0.29, 0.717) is 11.8 Å². The van der Waals surface area contributed by atoms with E-state index < -0.39 is 0 Å². The van der Waals surface area contributed by atoms with E-state index in [4.69, 9.17) is 5.73 Å². The monoisotopic (exact) mass is 313 g/mol. The zero-order valence-corrected chi connectivity index (χ0v) is 12.7. The number of nitrogens with two attached hydrogens (primary N) is 1. The third kappa shape index (κ3) is 2.18. The molecule has 3 heterocycles. The van der Waals surface area contributed by atoms with Crippen LogP contribution < -0.4 is 5.73 Å². The first-order chi connectivity index (χ1) is 10.7. The fourth-order valence-electron chi connectivity index (χ4n) is 2.92. The number of rotatable bonds is 1. The summed E-state index contributed by atoms with van der Waals surface area (Å²) in [6.07, 6.45) is 3.84. The molecule has 112 valence electrons. The molecule has 7 heteroatoms. The van der Waals surface area contributed by atoms with E-state index in [9.17, 15) is 4.79 Å². The van der Waals surface area contributed by atoms with Gasteiger partial charge < -0.3 is 5.73 Å². The molecule has 2 N–H and O–H groups in total. The van der Waals surface area contributed by atoms with Crippen molar-refractivity contribution in [1.82, 2.24) is 9.78 Å². The Kier molecular flexibility index (Phi) is 3.15. The SMILES string of the molecule is Nc1cc(-c2cccs2)nn1C1=NC(=O)C2CCCCC2=N1. The summed E-state index contributed by atoms with van der Waals surface area (Å²) in [7, 11) is 0. The molecule has 6 nitrogen and oxygen atoms in total. The zero-order chi connectivity index (χ0) is 15.1. The lowest BCUT2D eigenvalue weighted by atomic mass is 9.86. The largest absolute Gasteiger partial charge is 0.383 e. The highest BCUT2D eigenvalue weighted by Gasteiger charge is 2.31. The highest BCUT2D eigenvalue weighted by Crippen LogP contribution is 2.28. The number of hydrogen-bond acceptors (Lipinski definition) is 5. The van der Waals surface area contributed by atoms with Crippen LogP contribution in [-0.4, -0.2) is 27.4 Å². The number of carbonyl (C=O) groups excluding carboxylic acids is 1. The van der Waals surface area contributed by atoms with Crippen molar-refractivity contribution in [2.45, 2.75) is 25.7 Å².